The maximum atomic E-state index is 10.8. The molecule has 0 unspecified atom stereocenters. The number of aromatic nitrogens is 1. The van der Waals surface area contributed by atoms with Crippen LogP contribution in [0.4, 0.5) is 5.69 Å². The van der Waals surface area contributed by atoms with Crippen LogP contribution < -0.4 is 10.1 Å². The largest absolute Gasteiger partial charge is 0.487 e. The van der Waals surface area contributed by atoms with Crippen LogP contribution in [0.2, 0.25) is 0 Å². The van der Waals surface area contributed by atoms with E-state index in [9.17, 15) is 10.1 Å². The number of nitrogens with one attached hydrogen (secondary N) is 1. The van der Waals surface area contributed by atoms with E-state index in [2.05, 4.69) is 22.4 Å². The number of pyridine rings is 1. The molecule has 0 aliphatic rings. The molecule has 0 saturated heterocycles. The number of nitro groups is 1. The average molecular weight is 287 g/mol. The molecule has 0 spiro atoms. The lowest BCUT2D eigenvalue weighted by atomic mass is 10.2. The van der Waals surface area contributed by atoms with Gasteiger partial charge < -0.3 is 10.1 Å². The molecule has 0 aliphatic carbocycles. The van der Waals surface area contributed by atoms with Crippen molar-refractivity contribution in [2.75, 3.05) is 13.2 Å². The predicted octanol–water partition coefficient (Wildman–Crippen LogP) is 2.55. The Kier molecular flexibility index (Phi) is 5.66. The van der Waals surface area contributed by atoms with Crippen molar-refractivity contribution in [3.8, 4) is 5.75 Å². The topological polar surface area (TPSA) is 77.3 Å². The van der Waals surface area contributed by atoms with Crippen molar-refractivity contribution in [1.82, 2.24) is 10.3 Å². The van der Waals surface area contributed by atoms with Crippen LogP contribution in [-0.2, 0) is 6.54 Å². The molecule has 0 bridgehead atoms. The zero-order chi connectivity index (χ0) is 14.9. The number of nitrogens with zero attached hydrogens (tertiary/aromatic N) is 2. The van der Waals surface area contributed by atoms with Gasteiger partial charge in [-0.15, -0.1) is 0 Å². The molecule has 2 rings (SSSR count). The van der Waals surface area contributed by atoms with E-state index >= 15 is 0 Å². The summed E-state index contributed by atoms with van der Waals surface area (Å²) in [7, 11) is 0. The summed E-state index contributed by atoms with van der Waals surface area (Å²) in [5.74, 6) is 0.262. The molecule has 2 aromatic rings. The van der Waals surface area contributed by atoms with Crippen molar-refractivity contribution in [3.05, 3.63) is 64.5 Å². The van der Waals surface area contributed by atoms with E-state index in [-0.39, 0.29) is 11.4 Å². The van der Waals surface area contributed by atoms with Crippen molar-refractivity contribution in [2.24, 2.45) is 0 Å². The third kappa shape index (κ3) is 4.85. The summed E-state index contributed by atoms with van der Waals surface area (Å²) in [6, 6.07) is 11.6. The molecule has 110 valence electrons. The molecule has 6 nitrogen and oxygen atoms in total. The fourth-order valence-corrected chi connectivity index (χ4v) is 1.84. The minimum absolute atomic E-state index is 0.102. The lowest BCUT2D eigenvalue weighted by Crippen LogP contribution is -2.17. The molecular weight excluding hydrogens is 270 g/mol. The Morgan fingerprint density at radius 2 is 2.05 bits per heavy atom. The fourth-order valence-electron chi connectivity index (χ4n) is 1.84. The summed E-state index contributed by atoms with van der Waals surface area (Å²) in [5.41, 5.74) is 1.12. The smallest absolute Gasteiger partial charge is 0.329 e. The highest BCUT2D eigenvalue weighted by molar-refractivity contribution is 5.42. The maximum Gasteiger partial charge on any atom is 0.329 e. The molecule has 0 aliphatic heterocycles. The van der Waals surface area contributed by atoms with Gasteiger partial charge in [-0.2, -0.15) is 0 Å². The van der Waals surface area contributed by atoms with Crippen LogP contribution in [0.5, 0.6) is 5.75 Å². The molecule has 0 radical (unpaired) electrons. The molecule has 0 saturated carbocycles. The summed E-state index contributed by atoms with van der Waals surface area (Å²) in [6.45, 7) is 2.01. The molecule has 1 heterocycles. The number of hydrogen-bond acceptors (Lipinski definition) is 5. The Bertz CT molecular complexity index is 575. The van der Waals surface area contributed by atoms with E-state index in [4.69, 9.17) is 4.74 Å². The summed E-state index contributed by atoms with van der Waals surface area (Å²) in [4.78, 5) is 14.0. The second-order valence-electron chi connectivity index (χ2n) is 4.46. The number of ether oxygens (including phenoxy) is 1. The van der Waals surface area contributed by atoms with Crippen molar-refractivity contribution < 1.29 is 9.66 Å². The quantitative estimate of drug-likeness (QED) is 0.458. The van der Waals surface area contributed by atoms with E-state index in [1.165, 1.54) is 24.0 Å². The highest BCUT2D eigenvalue weighted by atomic mass is 16.6. The van der Waals surface area contributed by atoms with E-state index in [0.29, 0.717) is 6.61 Å². The first-order valence-electron chi connectivity index (χ1n) is 6.73. The Morgan fingerprint density at radius 1 is 1.24 bits per heavy atom. The summed E-state index contributed by atoms with van der Waals surface area (Å²) >= 11 is 0. The molecule has 6 heteroatoms. The minimum Gasteiger partial charge on any atom is -0.487 e. The second kappa shape index (κ2) is 7.96. The van der Waals surface area contributed by atoms with E-state index < -0.39 is 4.92 Å². The van der Waals surface area contributed by atoms with E-state index in [0.717, 1.165) is 19.5 Å². The van der Waals surface area contributed by atoms with Gasteiger partial charge in [-0.1, -0.05) is 30.3 Å². The third-order valence-corrected chi connectivity index (χ3v) is 2.89. The van der Waals surface area contributed by atoms with Crippen LogP contribution in [0, 0.1) is 10.1 Å². The monoisotopic (exact) mass is 287 g/mol. The van der Waals surface area contributed by atoms with E-state index in [1.807, 2.05) is 18.2 Å². The Balaban J connectivity index is 1.67. The van der Waals surface area contributed by atoms with Crippen LogP contribution in [-0.4, -0.2) is 23.1 Å². The molecule has 1 N–H and O–H groups in total. The van der Waals surface area contributed by atoms with Crippen LogP contribution in [0.3, 0.4) is 0 Å². The molecular formula is C15H17N3O3. The SMILES string of the molecule is O=[N+]([O-])c1cnccc1OCCCNCc1ccccc1. The highest BCUT2D eigenvalue weighted by Crippen LogP contribution is 2.24. The third-order valence-electron chi connectivity index (χ3n) is 2.89. The van der Waals surface area contributed by atoms with Gasteiger partial charge in [0.2, 0.25) is 0 Å². The minimum atomic E-state index is -0.490. The van der Waals surface area contributed by atoms with Crippen molar-refractivity contribution >= 4 is 5.69 Å². The first-order chi connectivity index (χ1) is 10.3. The van der Waals surface area contributed by atoms with Crippen molar-refractivity contribution in [2.45, 2.75) is 13.0 Å². The van der Waals surface area contributed by atoms with Gasteiger partial charge in [0.1, 0.15) is 6.20 Å². The first kappa shape index (κ1) is 14.9. The van der Waals surface area contributed by atoms with Crippen molar-refractivity contribution in [1.29, 1.82) is 0 Å². The lowest BCUT2D eigenvalue weighted by Gasteiger charge is -2.07. The van der Waals surface area contributed by atoms with Crippen LogP contribution in [0.1, 0.15) is 12.0 Å². The lowest BCUT2D eigenvalue weighted by molar-refractivity contribution is -0.386. The van der Waals surface area contributed by atoms with Crippen LogP contribution in [0.25, 0.3) is 0 Å². The van der Waals surface area contributed by atoms with Gasteiger partial charge in [0.15, 0.2) is 5.75 Å². The maximum absolute atomic E-state index is 10.8. The molecule has 0 amide bonds. The van der Waals surface area contributed by atoms with Gasteiger partial charge in [0.05, 0.1) is 11.5 Å². The number of hydrogen-bond donors (Lipinski definition) is 1. The normalized spacial score (nSPS) is 10.3. The van der Waals surface area contributed by atoms with Crippen LogP contribution in [0.15, 0.2) is 48.8 Å². The van der Waals surface area contributed by atoms with Crippen LogP contribution >= 0.6 is 0 Å². The zero-order valence-corrected chi connectivity index (χ0v) is 11.6. The first-order valence-corrected chi connectivity index (χ1v) is 6.73. The molecule has 0 fully saturated rings. The zero-order valence-electron chi connectivity index (χ0n) is 11.6. The molecule has 1 aromatic carbocycles. The summed E-state index contributed by atoms with van der Waals surface area (Å²) in [6.07, 6.45) is 3.45. The summed E-state index contributed by atoms with van der Waals surface area (Å²) < 4.78 is 5.43. The number of benzene rings is 1. The van der Waals surface area contributed by atoms with E-state index in [1.54, 1.807) is 0 Å². The van der Waals surface area contributed by atoms with Gasteiger partial charge in [0, 0.05) is 18.8 Å². The average Bonchev–Trinajstić information content (AvgIpc) is 2.52. The van der Waals surface area contributed by atoms with Crippen molar-refractivity contribution in [3.63, 3.8) is 0 Å². The molecule has 21 heavy (non-hydrogen) atoms. The van der Waals surface area contributed by atoms with Gasteiger partial charge in [0.25, 0.3) is 0 Å². The predicted molar refractivity (Wildman–Crippen MR) is 79.2 cm³/mol. The van der Waals surface area contributed by atoms with Gasteiger partial charge in [-0.3, -0.25) is 15.1 Å². The second-order valence-corrected chi connectivity index (χ2v) is 4.46. The molecule has 0 atom stereocenters. The standard InChI is InChI=1S/C15H17N3O3/c19-18(20)14-12-17-9-7-15(14)21-10-4-8-16-11-13-5-2-1-3-6-13/h1-3,5-7,9,12,16H,4,8,10-11H2. The Morgan fingerprint density at radius 3 is 2.81 bits per heavy atom. The van der Waals surface area contributed by atoms with Gasteiger partial charge >= 0.3 is 5.69 Å². The van der Waals surface area contributed by atoms with Gasteiger partial charge in [-0.05, 0) is 18.5 Å². The fraction of sp³-hybridized carbons (Fsp3) is 0.267. The number of rotatable bonds is 8. The van der Waals surface area contributed by atoms with Gasteiger partial charge in [-0.25, -0.2) is 0 Å². The Labute approximate surface area is 122 Å². The summed E-state index contributed by atoms with van der Waals surface area (Å²) in [5, 5.41) is 14.1. The molecule has 1 aromatic heterocycles. The Hall–Kier alpha value is -2.47. The highest BCUT2D eigenvalue weighted by Gasteiger charge is 2.13.